The predicted molar refractivity (Wildman–Crippen MR) is 101 cm³/mol. The van der Waals surface area contributed by atoms with Crippen LogP contribution in [0.25, 0.3) is 0 Å². The monoisotopic (exact) mass is 390 g/mol. The first-order valence-corrected chi connectivity index (χ1v) is 8.62. The second-order valence-electron chi connectivity index (χ2n) is 6.10. The Labute approximate surface area is 161 Å². The fourth-order valence-electron chi connectivity index (χ4n) is 2.46. The molecule has 2 aromatic carbocycles. The van der Waals surface area contributed by atoms with E-state index in [0.717, 1.165) is 11.6 Å². The van der Waals surface area contributed by atoms with E-state index < -0.39 is 23.2 Å². The third-order valence-electron chi connectivity index (χ3n) is 3.84. The van der Waals surface area contributed by atoms with Crippen LogP contribution in [-0.2, 0) is 16.1 Å². The molecule has 1 amide bonds. The van der Waals surface area contributed by atoms with Crippen molar-refractivity contribution in [2.45, 2.75) is 26.4 Å². The van der Waals surface area contributed by atoms with Crippen LogP contribution in [0, 0.1) is 10.1 Å². The van der Waals surface area contributed by atoms with Gasteiger partial charge in [-0.15, -0.1) is 0 Å². The van der Waals surface area contributed by atoms with Gasteiger partial charge in [-0.3, -0.25) is 14.9 Å². The van der Waals surface area contributed by atoms with Gasteiger partial charge in [0.1, 0.15) is 5.56 Å². The molecule has 0 atom stereocenters. The first-order valence-electron chi connectivity index (χ1n) is 8.24. The van der Waals surface area contributed by atoms with Gasteiger partial charge in [0.2, 0.25) is 0 Å². The van der Waals surface area contributed by atoms with Gasteiger partial charge in [-0.25, -0.2) is 4.79 Å². The largest absolute Gasteiger partial charge is 0.452 e. The molecule has 27 heavy (non-hydrogen) atoms. The highest BCUT2D eigenvalue weighted by Gasteiger charge is 2.24. The molecule has 8 heteroatoms. The lowest BCUT2D eigenvalue weighted by atomic mass is 10.2. The Kier molecular flexibility index (Phi) is 6.90. The molecule has 0 saturated heterocycles. The molecule has 0 aromatic heterocycles. The lowest BCUT2D eigenvalue weighted by Crippen LogP contribution is -2.39. The average Bonchev–Trinajstić information content (AvgIpc) is 2.64. The van der Waals surface area contributed by atoms with E-state index in [0.29, 0.717) is 6.54 Å². The summed E-state index contributed by atoms with van der Waals surface area (Å²) in [5.74, 6) is -1.34. The zero-order valence-corrected chi connectivity index (χ0v) is 15.7. The standard InChI is InChI=1S/C19H19ClN2O5/c1-13(2)21(11-14-6-4-3-5-7-14)18(23)12-27-19(24)16-9-8-15(20)10-17(16)22(25)26/h3-10,13H,11-12H2,1-2H3. The van der Waals surface area contributed by atoms with Gasteiger partial charge in [0.15, 0.2) is 6.61 Å². The van der Waals surface area contributed by atoms with Crippen molar-refractivity contribution in [1.29, 1.82) is 0 Å². The highest BCUT2D eigenvalue weighted by atomic mass is 35.5. The summed E-state index contributed by atoms with van der Waals surface area (Å²) in [6.07, 6.45) is 0. The Morgan fingerprint density at radius 2 is 1.85 bits per heavy atom. The highest BCUT2D eigenvalue weighted by Crippen LogP contribution is 2.24. The molecule has 142 valence electrons. The van der Waals surface area contributed by atoms with Gasteiger partial charge >= 0.3 is 5.97 Å². The summed E-state index contributed by atoms with van der Waals surface area (Å²) < 4.78 is 5.01. The second kappa shape index (κ2) is 9.14. The fourth-order valence-corrected chi connectivity index (χ4v) is 2.62. The third-order valence-corrected chi connectivity index (χ3v) is 4.08. The molecule has 0 spiro atoms. The molecule has 0 unspecified atom stereocenters. The normalized spacial score (nSPS) is 10.5. The number of amides is 1. The Bertz CT molecular complexity index is 839. The highest BCUT2D eigenvalue weighted by molar-refractivity contribution is 6.31. The van der Waals surface area contributed by atoms with Crippen molar-refractivity contribution in [1.82, 2.24) is 4.90 Å². The number of nitrogens with zero attached hydrogens (tertiary/aromatic N) is 2. The first-order chi connectivity index (χ1) is 12.8. The molecule has 2 aromatic rings. The number of ether oxygens (including phenoxy) is 1. The molecule has 0 radical (unpaired) electrons. The van der Waals surface area contributed by atoms with Crippen molar-refractivity contribution < 1.29 is 19.2 Å². The van der Waals surface area contributed by atoms with Crippen LogP contribution < -0.4 is 0 Å². The summed E-state index contributed by atoms with van der Waals surface area (Å²) >= 11 is 5.73. The number of halogens is 1. The van der Waals surface area contributed by atoms with E-state index >= 15 is 0 Å². The van der Waals surface area contributed by atoms with Crippen LogP contribution in [0.3, 0.4) is 0 Å². The summed E-state index contributed by atoms with van der Waals surface area (Å²) in [6.45, 7) is 3.57. The summed E-state index contributed by atoms with van der Waals surface area (Å²) in [6, 6.07) is 12.9. The Hall–Kier alpha value is -2.93. The van der Waals surface area contributed by atoms with Gasteiger partial charge in [-0.05, 0) is 31.5 Å². The maximum Gasteiger partial charge on any atom is 0.345 e. The van der Waals surface area contributed by atoms with Crippen LogP contribution in [0.1, 0.15) is 29.8 Å². The van der Waals surface area contributed by atoms with Crippen molar-refractivity contribution in [3.63, 3.8) is 0 Å². The predicted octanol–water partition coefficient (Wildman–Crippen LogP) is 3.84. The van der Waals surface area contributed by atoms with E-state index in [9.17, 15) is 19.7 Å². The van der Waals surface area contributed by atoms with E-state index in [1.54, 1.807) is 4.90 Å². The number of carbonyl (C=O) groups excluding carboxylic acids is 2. The Morgan fingerprint density at radius 1 is 1.19 bits per heavy atom. The van der Waals surface area contributed by atoms with Crippen molar-refractivity contribution in [2.24, 2.45) is 0 Å². The van der Waals surface area contributed by atoms with Crippen molar-refractivity contribution in [3.05, 3.63) is 74.8 Å². The van der Waals surface area contributed by atoms with Gasteiger partial charge < -0.3 is 9.64 Å². The molecular weight excluding hydrogens is 372 g/mol. The number of carbonyl (C=O) groups is 2. The number of hydrogen-bond donors (Lipinski definition) is 0. The van der Waals surface area contributed by atoms with Gasteiger partial charge in [0.25, 0.3) is 11.6 Å². The molecule has 7 nitrogen and oxygen atoms in total. The molecular formula is C19H19ClN2O5. The molecule has 0 aliphatic rings. The molecule has 0 heterocycles. The summed E-state index contributed by atoms with van der Waals surface area (Å²) in [4.78, 5) is 36.6. The van der Waals surface area contributed by atoms with E-state index in [1.165, 1.54) is 12.1 Å². The molecule has 0 saturated carbocycles. The summed E-state index contributed by atoms with van der Waals surface area (Å²) in [7, 11) is 0. The Balaban J connectivity index is 2.07. The smallest absolute Gasteiger partial charge is 0.345 e. The van der Waals surface area contributed by atoms with E-state index in [-0.39, 0.29) is 22.5 Å². The van der Waals surface area contributed by atoms with E-state index in [2.05, 4.69) is 0 Å². The first kappa shape index (κ1) is 20.4. The van der Waals surface area contributed by atoms with Crippen LogP contribution in [0.5, 0.6) is 0 Å². The average molecular weight is 391 g/mol. The second-order valence-corrected chi connectivity index (χ2v) is 6.53. The molecule has 0 fully saturated rings. The van der Waals surface area contributed by atoms with Crippen LogP contribution in [-0.4, -0.2) is 34.3 Å². The zero-order valence-electron chi connectivity index (χ0n) is 14.9. The molecule has 2 rings (SSSR count). The molecule has 0 bridgehead atoms. The molecule has 0 aliphatic heterocycles. The number of esters is 1. The number of nitro groups is 1. The minimum atomic E-state index is -0.949. The van der Waals surface area contributed by atoms with Crippen molar-refractivity contribution >= 4 is 29.2 Å². The van der Waals surface area contributed by atoms with Crippen LogP contribution in [0.4, 0.5) is 5.69 Å². The number of nitro benzene ring substituents is 1. The summed E-state index contributed by atoms with van der Waals surface area (Å²) in [5, 5.41) is 11.2. The van der Waals surface area contributed by atoms with Crippen LogP contribution >= 0.6 is 11.6 Å². The van der Waals surface area contributed by atoms with Crippen LogP contribution in [0.2, 0.25) is 5.02 Å². The Morgan fingerprint density at radius 3 is 2.44 bits per heavy atom. The van der Waals surface area contributed by atoms with Gasteiger partial charge in [-0.2, -0.15) is 0 Å². The topological polar surface area (TPSA) is 89.8 Å². The maximum atomic E-state index is 12.5. The zero-order chi connectivity index (χ0) is 20.0. The minimum absolute atomic E-state index is 0.110. The lowest BCUT2D eigenvalue weighted by molar-refractivity contribution is -0.385. The number of hydrogen-bond acceptors (Lipinski definition) is 5. The van der Waals surface area contributed by atoms with E-state index in [4.69, 9.17) is 16.3 Å². The van der Waals surface area contributed by atoms with Crippen LogP contribution in [0.15, 0.2) is 48.5 Å². The third kappa shape index (κ3) is 5.52. The fraction of sp³-hybridized carbons (Fsp3) is 0.263. The SMILES string of the molecule is CC(C)N(Cc1ccccc1)C(=O)COC(=O)c1ccc(Cl)cc1[N+](=O)[O-]. The van der Waals surface area contributed by atoms with Gasteiger partial charge in [0, 0.05) is 23.7 Å². The minimum Gasteiger partial charge on any atom is -0.452 e. The van der Waals surface area contributed by atoms with Crippen molar-refractivity contribution in [2.75, 3.05) is 6.61 Å². The molecule has 0 aliphatic carbocycles. The van der Waals surface area contributed by atoms with Gasteiger partial charge in [-0.1, -0.05) is 41.9 Å². The number of rotatable bonds is 7. The molecule has 0 N–H and O–H groups in total. The quantitative estimate of drug-likeness (QED) is 0.407. The number of benzene rings is 2. The van der Waals surface area contributed by atoms with Crippen molar-refractivity contribution in [3.8, 4) is 0 Å². The maximum absolute atomic E-state index is 12.5. The van der Waals surface area contributed by atoms with E-state index in [1.807, 2.05) is 44.2 Å². The van der Waals surface area contributed by atoms with Gasteiger partial charge in [0.05, 0.1) is 4.92 Å². The summed E-state index contributed by atoms with van der Waals surface area (Å²) in [5.41, 5.74) is 0.223. The lowest BCUT2D eigenvalue weighted by Gasteiger charge is -2.26.